The number of aryl methyl sites for hydroxylation is 2. The maximum atomic E-state index is 12.1. The second kappa shape index (κ2) is 7.00. The molecular weight excluding hydrogens is 316 g/mol. The molecule has 0 saturated carbocycles. The average Bonchev–Trinajstić information content (AvgIpc) is 2.76. The molecule has 2 aromatic rings. The minimum Gasteiger partial charge on any atom is -0.353 e. The number of aromatic nitrogens is 3. The molecule has 1 amide bonds. The van der Waals surface area contributed by atoms with Crippen LogP contribution >= 0.6 is 11.6 Å². The van der Waals surface area contributed by atoms with Crippen LogP contribution in [0.2, 0.25) is 5.02 Å². The van der Waals surface area contributed by atoms with E-state index in [1.807, 2.05) is 24.3 Å². The Bertz CT molecular complexity index is 753. The Hall–Kier alpha value is -2.08. The van der Waals surface area contributed by atoms with Gasteiger partial charge >= 0.3 is 5.69 Å². The van der Waals surface area contributed by atoms with Crippen molar-refractivity contribution in [3.05, 3.63) is 51.2 Å². The van der Waals surface area contributed by atoms with Crippen molar-refractivity contribution in [2.24, 2.45) is 0 Å². The number of halogens is 1. The Morgan fingerprint density at radius 1 is 1.43 bits per heavy atom. The second-order valence-corrected chi connectivity index (χ2v) is 6.25. The lowest BCUT2D eigenvalue weighted by Crippen LogP contribution is -2.35. The highest BCUT2D eigenvalue weighted by Gasteiger charge is 2.20. The van der Waals surface area contributed by atoms with Gasteiger partial charge in [0.1, 0.15) is 5.82 Å². The first-order valence-corrected chi connectivity index (χ1v) is 8.17. The van der Waals surface area contributed by atoms with Gasteiger partial charge in [-0.25, -0.2) is 9.89 Å². The van der Waals surface area contributed by atoms with E-state index in [1.54, 1.807) is 4.57 Å². The number of amides is 1. The molecule has 2 N–H and O–H groups in total. The number of aromatic amines is 1. The first kappa shape index (κ1) is 15.8. The summed E-state index contributed by atoms with van der Waals surface area (Å²) < 4.78 is 1.65. The van der Waals surface area contributed by atoms with Gasteiger partial charge in [-0.15, -0.1) is 0 Å². The van der Waals surface area contributed by atoms with Crippen molar-refractivity contribution in [1.82, 2.24) is 20.1 Å². The van der Waals surface area contributed by atoms with Crippen LogP contribution in [0.25, 0.3) is 0 Å². The molecule has 23 heavy (non-hydrogen) atoms. The number of hydrogen-bond acceptors (Lipinski definition) is 3. The third-order valence-electron chi connectivity index (χ3n) is 4.15. The number of hydrogen-bond donors (Lipinski definition) is 2. The molecule has 0 spiro atoms. The highest BCUT2D eigenvalue weighted by atomic mass is 35.5. The minimum absolute atomic E-state index is 0.0309. The molecule has 2 heterocycles. The van der Waals surface area contributed by atoms with Crippen molar-refractivity contribution >= 4 is 17.5 Å². The van der Waals surface area contributed by atoms with Crippen molar-refractivity contribution in [1.29, 1.82) is 0 Å². The molecule has 1 aromatic heterocycles. The fourth-order valence-electron chi connectivity index (χ4n) is 2.90. The fraction of sp³-hybridized carbons (Fsp3) is 0.438. The summed E-state index contributed by atoms with van der Waals surface area (Å²) in [6, 6.07) is 7.64. The number of rotatable bonds is 4. The van der Waals surface area contributed by atoms with Crippen LogP contribution in [0, 0.1) is 0 Å². The first-order chi connectivity index (χ1) is 11.1. The number of benzene rings is 1. The molecule has 0 fully saturated rings. The molecule has 0 aliphatic carbocycles. The summed E-state index contributed by atoms with van der Waals surface area (Å²) in [4.78, 5) is 23.7. The highest BCUT2D eigenvalue weighted by molar-refractivity contribution is 6.30. The molecule has 6 nitrogen and oxygen atoms in total. The topological polar surface area (TPSA) is 79.8 Å². The lowest BCUT2D eigenvalue weighted by Gasteiger charge is -2.16. The molecule has 0 saturated heterocycles. The number of fused-ring (bicyclic) bond motifs is 1. The summed E-state index contributed by atoms with van der Waals surface area (Å²) in [5, 5.41) is 10.2. The summed E-state index contributed by atoms with van der Waals surface area (Å²) in [6.07, 6.45) is 3.34. The minimum atomic E-state index is -0.173. The quantitative estimate of drug-likeness (QED) is 0.892. The number of carbonyl (C=O) groups excluding carboxylic acids is 1. The van der Waals surface area contributed by atoms with Crippen LogP contribution in [0.15, 0.2) is 29.1 Å². The lowest BCUT2D eigenvalue weighted by molar-refractivity contribution is -0.121. The predicted molar refractivity (Wildman–Crippen MR) is 87.5 cm³/mol. The van der Waals surface area contributed by atoms with E-state index in [9.17, 15) is 9.59 Å². The normalized spacial score (nSPS) is 17.3. The summed E-state index contributed by atoms with van der Waals surface area (Å²) in [6.45, 7) is 0.587. The standard InChI is InChI=1S/C16H19ClN4O2/c17-12-3-1-2-11(10-12)4-7-15(22)18-13-5-6-14-19-20-16(23)21(14)9-8-13/h1-3,10,13H,4-9H2,(H,18,22)(H,20,23). The Morgan fingerprint density at radius 2 is 2.30 bits per heavy atom. The van der Waals surface area contributed by atoms with Gasteiger partial charge in [-0.2, -0.15) is 5.10 Å². The molecule has 3 rings (SSSR count). The van der Waals surface area contributed by atoms with Gasteiger partial charge < -0.3 is 5.32 Å². The molecule has 7 heteroatoms. The van der Waals surface area contributed by atoms with Crippen LogP contribution in [0.5, 0.6) is 0 Å². The van der Waals surface area contributed by atoms with E-state index in [4.69, 9.17) is 11.6 Å². The molecule has 1 unspecified atom stereocenters. The molecule has 0 radical (unpaired) electrons. The van der Waals surface area contributed by atoms with E-state index in [1.165, 1.54) is 0 Å². The van der Waals surface area contributed by atoms with Crippen LogP contribution < -0.4 is 11.0 Å². The zero-order valence-corrected chi connectivity index (χ0v) is 13.5. The zero-order chi connectivity index (χ0) is 16.2. The van der Waals surface area contributed by atoms with E-state index in [2.05, 4.69) is 15.5 Å². The van der Waals surface area contributed by atoms with Crippen LogP contribution in [0.4, 0.5) is 0 Å². The molecular formula is C16H19ClN4O2. The van der Waals surface area contributed by atoms with Gasteiger partial charge in [0.05, 0.1) is 0 Å². The van der Waals surface area contributed by atoms with Gasteiger partial charge in [-0.05, 0) is 37.0 Å². The summed E-state index contributed by atoms with van der Waals surface area (Å²) in [5.74, 6) is 0.800. The number of carbonyl (C=O) groups is 1. The van der Waals surface area contributed by atoms with E-state index in [-0.39, 0.29) is 17.6 Å². The van der Waals surface area contributed by atoms with Crippen molar-refractivity contribution in [3.8, 4) is 0 Å². The Kier molecular flexibility index (Phi) is 4.81. The van der Waals surface area contributed by atoms with Crippen molar-refractivity contribution in [2.75, 3.05) is 0 Å². The van der Waals surface area contributed by atoms with Gasteiger partial charge in [-0.3, -0.25) is 9.36 Å². The Morgan fingerprint density at radius 3 is 3.13 bits per heavy atom. The van der Waals surface area contributed by atoms with E-state index < -0.39 is 0 Å². The number of nitrogens with one attached hydrogen (secondary N) is 2. The number of H-pyrrole nitrogens is 1. The highest BCUT2D eigenvalue weighted by Crippen LogP contribution is 2.13. The van der Waals surface area contributed by atoms with E-state index in [0.29, 0.717) is 30.8 Å². The van der Waals surface area contributed by atoms with Gasteiger partial charge in [0, 0.05) is 30.5 Å². The summed E-state index contributed by atoms with van der Waals surface area (Å²) in [7, 11) is 0. The average molecular weight is 335 g/mol. The molecule has 1 aliphatic rings. The van der Waals surface area contributed by atoms with Gasteiger partial charge in [0.15, 0.2) is 0 Å². The third kappa shape index (κ3) is 4.01. The van der Waals surface area contributed by atoms with Crippen LogP contribution in [0.1, 0.15) is 30.7 Å². The van der Waals surface area contributed by atoms with Gasteiger partial charge in [0.2, 0.25) is 5.91 Å². The fourth-order valence-corrected chi connectivity index (χ4v) is 3.11. The molecule has 0 bridgehead atoms. The van der Waals surface area contributed by atoms with Crippen LogP contribution in [-0.2, 0) is 24.2 Å². The smallest absolute Gasteiger partial charge is 0.343 e. The summed E-state index contributed by atoms with van der Waals surface area (Å²) in [5.41, 5.74) is 0.883. The molecule has 1 aliphatic heterocycles. The van der Waals surface area contributed by atoms with Crippen LogP contribution in [-0.4, -0.2) is 26.7 Å². The van der Waals surface area contributed by atoms with Crippen molar-refractivity contribution in [3.63, 3.8) is 0 Å². The maximum absolute atomic E-state index is 12.1. The van der Waals surface area contributed by atoms with Crippen molar-refractivity contribution in [2.45, 2.75) is 44.7 Å². The molecule has 1 aromatic carbocycles. The van der Waals surface area contributed by atoms with E-state index >= 15 is 0 Å². The predicted octanol–water partition coefficient (Wildman–Crippen LogP) is 1.68. The number of nitrogens with zero attached hydrogens (tertiary/aromatic N) is 2. The van der Waals surface area contributed by atoms with Crippen LogP contribution in [0.3, 0.4) is 0 Å². The van der Waals surface area contributed by atoms with Gasteiger partial charge in [0.25, 0.3) is 0 Å². The SMILES string of the molecule is O=C(CCc1cccc(Cl)c1)NC1CCc2n[nH]c(=O)n2CC1. The maximum Gasteiger partial charge on any atom is 0.343 e. The zero-order valence-electron chi connectivity index (χ0n) is 12.7. The monoisotopic (exact) mass is 334 g/mol. The second-order valence-electron chi connectivity index (χ2n) is 5.82. The molecule has 122 valence electrons. The van der Waals surface area contributed by atoms with E-state index in [0.717, 1.165) is 24.2 Å². The molecule has 1 atom stereocenters. The Labute approximate surface area is 138 Å². The van der Waals surface area contributed by atoms with Crippen molar-refractivity contribution < 1.29 is 4.79 Å². The Balaban J connectivity index is 1.50. The summed E-state index contributed by atoms with van der Waals surface area (Å²) >= 11 is 5.94. The van der Waals surface area contributed by atoms with Gasteiger partial charge in [-0.1, -0.05) is 23.7 Å². The first-order valence-electron chi connectivity index (χ1n) is 7.80. The lowest BCUT2D eigenvalue weighted by atomic mass is 10.1. The third-order valence-corrected chi connectivity index (χ3v) is 4.38. The largest absolute Gasteiger partial charge is 0.353 e.